The predicted molar refractivity (Wildman–Crippen MR) is 60.4 cm³/mol. The van der Waals surface area contributed by atoms with Crippen LogP contribution in [0.3, 0.4) is 0 Å². The first-order chi connectivity index (χ1) is 6.88. The van der Waals surface area contributed by atoms with Gasteiger partial charge in [0, 0.05) is 5.88 Å². The lowest BCUT2D eigenvalue weighted by Gasteiger charge is -2.08. The molecule has 84 valence electrons. The van der Waals surface area contributed by atoms with Gasteiger partial charge >= 0.3 is 0 Å². The average Bonchev–Trinajstić information content (AvgIpc) is 2.11. The number of phenolic OH excluding ortho intramolecular Hbond substituents is 1. The third kappa shape index (κ3) is 2.63. The van der Waals surface area contributed by atoms with Gasteiger partial charge in [-0.05, 0) is 37.1 Å². The van der Waals surface area contributed by atoms with Crippen molar-refractivity contribution in [3.63, 3.8) is 0 Å². The lowest BCUT2D eigenvalue weighted by Crippen LogP contribution is -2.08. The summed E-state index contributed by atoms with van der Waals surface area (Å²) >= 11 is 5.40. The molecule has 0 atom stereocenters. The molecule has 0 heterocycles. The fraction of sp³-hybridized carbons (Fsp3) is 0.400. The zero-order chi connectivity index (χ0) is 11.6. The third-order valence-corrected chi connectivity index (χ3v) is 4.41. The van der Waals surface area contributed by atoms with Crippen LogP contribution in [0.1, 0.15) is 11.1 Å². The van der Waals surface area contributed by atoms with Crippen LogP contribution in [0, 0.1) is 13.8 Å². The van der Waals surface area contributed by atoms with Gasteiger partial charge in [-0.2, -0.15) is 0 Å². The number of halogens is 1. The molecule has 1 N–H and O–H groups in total. The van der Waals surface area contributed by atoms with Gasteiger partial charge in [-0.25, -0.2) is 8.42 Å². The van der Waals surface area contributed by atoms with E-state index in [4.69, 9.17) is 11.6 Å². The van der Waals surface area contributed by atoms with E-state index in [9.17, 15) is 13.5 Å². The summed E-state index contributed by atoms with van der Waals surface area (Å²) in [5, 5.41) is 9.56. The number of aromatic hydroxyl groups is 1. The first-order valence-electron chi connectivity index (χ1n) is 4.47. The summed E-state index contributed by atoms with van der Waals surface area (Å²) in [6.07, 6.45) is 0. The molecule has 0 saturated heterocycles. The second kappa shape index (κ2) is 4.41. The highest BCUT2D eigenvalue weighted by Crippen LogP contribution is 2.27. The Morgan fingerprint density at radius 2 is 1.80 bits per heavy atom. The van der Waals surface area contributed by atoms with Gasteiger partial charge in [0.1, 0.15) is 10.6 Å². The van der Waals surface area contributed by atoms with Crippen LogP contribution in [-0.2, 0) is 9.84 Å². The maximum atomic E-state index is 11.7. The Labute approximate surface area is 94.6 Å². The van der Waals surface area contributed by atoms with Gasteiger partial charge in [0.2, 0.25) is 0 Å². The Bertz CT molecular complexity index is 466. The first kappa shape index (κ1) is 12.3. The van der Waals surface area contributed by atoms with Crippen molar-refractivity contribution < 1.29 is 13.5 Å². The van der Waals surface area contributed by atoms with Crippen molar-refractivity contribution in [3.05, 3.63) is 23.3 Å². The van der Waals surface area contributed by atoms with Crippen LogP contribution in [-0.4, -0.2) is 25.2 Å². The zero-order valence-electron chi connectivity index (χ0n) is 8.62. The van der Waals surface area contributed by atoms with E-state index in [0.717, 1.165) is 11.1 Å². The van der Waals surface area contributed by atoms with Gasteiger partial charge in [-0.1, -0.05) is 0 Å². The van der Waals surface area contributed by atoms with Gasteiger partial charge in [-0.15, -0.1) is 11.6 Å². The maximum absolute atomic E-state index is 11.7. The van der Waals surface area contributed by atoms with Crippen LogP contribution < -0.4 is 0 Å². The number of sulfone groups is 1. The van der Waals surface area contributed by atoms with E-state index in [2.05, 4.69) is 0 Å². The third-order valence-electron chi connectivity index (χ3n) is 2.26. The van der Waals surface area contributed by atoms with Crippen LogP contribution in [0.4, 0.5) is 0 Å². The van der Waals surface area contributed by atoms with E-state index < -0.39 is 9.84 Å². The summed E-state index contributed by atoms with van der Waals surface area (Å²) < 4.78 is 23.3. The normalized spacial score (nSPS) is 11.7. The van der Waals surface area contributed by atoms with Crippen molar-refractivity contribution in [1.82, 2.24) is 0 Å². The smallest absolute Gasteiger partial charge is 0.183 e. The van der Waals surface area contributed by atoms with Crippen LogP contribution in [0.25, 0.3) is 0 Å². The topological polar surface area (TPSA) is 54.4 Å². The van der Waals surface area contributed by atoms with Gasteiger partial charge < -0.3 is 5.11 Å². The molecule has 0 aliphatic rings. The van der Waals surface area contributed by atoms with Gasteiger partial charge in [-0.3, -0.25) is 0 Å². The van der Waals surface area contributed by atoms with E-state index in [-0.39, 0.29) is 22.3 Å². The number of phenols is 1. The molecule has 1 aromatic rings. The quantitative estimate of drug-likeness (QED) is 0.833. The van der Waals surface area contributed by atoms with Crippen LogP contribution in [0.15, 0.2) is 17.0 Å². The fourth-order valence-electron chi connectivity index (χ4n) is 1.24. The molecule has 5 heteroatoms. The highest BCUT2D eigenvalue weighted by Gasteiger charge is 2.18. The molecule has 1 rings (SSSR count). The lowest BCUT2D eigenvalue weighted by molar-refractivity contribution is 0.458. The van der Waals surface area contributed by atoms with Gasteiger partial charge in [0.15, 0.2) is 9.84 Å². The molecule has 0 unspecified atom stereocenters. The van der Waals surface area contributed by atoms with Crippen LogP contribution in [0.5, 0.6) is 5.75 Å². The fourth-order valence-corrected chi connectivity index (χ4v) is 3.00. The first-order valence-corrected chi connectivity index (χ1v) is 6.66. The Kier molecular flexibility index (Phi) is 3.62. The summed E-state index contributed by atoms with van der Waals surface area (Å²) in [4.78, 5) is -0.0359. The van der Waals surface area contributed by atoms with Crippen molar-refractivity contribution >= 4 is 21.4 Å². The molecule has 0 bridgehead atoms. The number of benzene rings is 1. The second-order valence-electron chi connectivity index (χ2n) is 3.41. The molecule has 3 nitrogen and oxygen atoms in total. The maximum Gasteiger partial charge on any atom is 0.183 e. The minimum Gasteiger partial charge on any atom is -0.507 e. The monoisotopic (exact) mass is 248 g/mol. The van der Waals surface area contributed by atoms with Gasteiger partial charge in [0.05, 0.1) is 5.75 Å². The standard InChI is InChI=1S/C10H13ClO3S/c1-7-5-9(12)10(6-8(7)2)15(13,14)4-3-11/h5-6,12H,3-4H2,1-2H3. The van der Waals surface area contributed by atoms with E-state index in [1.807, 2.05) is 6.92 Å². The molecule has 0 saturated carbocycles. The Hall–Kier alpha value is -0.740. The van der Waals surface area contributed by atoms with E-state index >= 15 is 0 Å². The molecule has 0 aromatic heterocycles. The molecule has 0 aliphatic carbocycles. The summed E-state index contributed by atoms with van der Waals surface area (Å²) in [7, 11) is -3.46. The number of aryl methyl sites for hydroxylation is 2. The van der Waals surface area contributed by atoms with Crippen molar-refractivity contribution in [1.29, 1.82) is 0 Å². The highest BCUT2D eigenvalue weighted by molar-refractivity contribution is 7.91. The summed E-state index contributed by atoms with van der Waals surface area (Å²) in [6.45, 7) is 3.61. The van der Waals surface area contributed by atoms with Crippen molar-refractivity contribution in [2.45, 2.75) is 18.7 Å². The predicted octanol–water partition coefficient (Wildman–Crippen LogP) is 2.02. The molecule has 15 heavy (non-hydrogen) atoms. The lowest BCUT2D eigenvalue weighted by atomic mass is 10.1. The molecule has 0 amide bonds. The number of rotatable bonds is 3. The van der Waals surface area contributed by atoms with E-state index in [0.29, 0.717) is 0 Å². The van der Waals surface area contributed by atoms with Gasteiger partial charge in [0.25, 0.3) is 0 Å². The minimum atomic E-state index is -3.46. The number of hydrogen-bond acceptors (Lipinski definition) is 3. The summed E-state index contributed by atoms with van der Waals surface area (Å²) in [5.74, 6) is -0.345. The van der Waals surface area contributed by atoms with Crippen LogP contribution in [0.2, 0.25) is 0 Å². The molecule has 0 spiro atoms. The Morgan fingerprint density at radius 1 is 1.27 bits per heavy atom. The van der Waals surface area contributed by atoms with Crippen molar-refractivity contribution in [2.75, 3.05) is 11.6 Å². The van der Waals surface area contributed by atoms with E-state index in [1.165, 1.54) is 12.1 Å². The van der Waals surface area contributed by atoms with Crippen LogP contribution >= 0.6 is 11.6 Å². The minimum absolute atomic E-state index is 0.0225. The number of alkyl halides is 1. The average molecular weight is 249 g/mol. The molecular formula is C10H13ClO3S. The molecule has 1 aromatic carbocycles. The second-order valence-corrected chi connectivity index (χ2v) is 5.87. The largest absolute Gasteiger partial charge is 0.507 e. The Morgan fingerprint density at radius 3 is 2.33 bits per heavy atom. The van der Waals surface area contributed by atoms with E-state index in [1.54, 1.807) is 6.92 Å². The SMILES string of the molecule is Cc1cc(O)c(S(=O)(=O)CCCl)cc1C. The zero-order valence-corrected chi connectivity index (χ0v) is 10.2. The molecule has 0 radical (unpaired) electrons. The highest BCUT2D eigenvalue weighted by atomic mass is 35.5. The van der Waals surface area contributed by atoms with Crippen molar-refractivity contribution in [2.24, 2.45) is 0 Å². The van der Waals surface area contributed by atoms with Crippen molar-refractivity contribution in [3.8, 4) is 5.75 Å². The molecule has 0 fully saturated rings. The summed E-state index contributed by atoms with van der Waals surface area (Å²) in [5.41, 5.74) is 1.69. The Balaban J connectivity index is 3.33. The summed E-state index contributed by atoms with van der Waals surface area (Å²) in [6, 6.07) is 2.93. The number of hydrogen-bond donors (Lipinski definition) is 1. The molecular weight excluding hydrogens is 236 g/mol. The molecule has 0 aliphatic heterocycles.